The van der Waals surface area contributed by atoms with Crippen LogP contribution in [-0.4, -0.2) is 22.6 Å². The lowest BCUT2D eigenvalue weighted by molar-refractivity contribution is 0.0697. The molecular weight excluding hydrogens is 272 g/mol. The summed E-state index contributed by atoms with van der Waals surface area (Å²) in [4.78, 5) is 36.1. The second kappa shape index (κ2) is 4.17. The van der Waals surface area contributed by atoms with Crippen LogP contribution < -0.4 is 11.5 Å². The van der Waals surface area contributed by atoms with E-state index in [1.165, 1.54) is 24.3 Å². The highest BCUT2D eigenvalue weighted by atomic mass is 16.4. The van der Waals surface area contributed by atoms with Gasteiger partial charge in [0, 0.05) is 16.8 Å². The predicted molar refractivity (Wildman–Crippen MR) is 75.5 cm³/mol. The number of nitrogens with two attached hydrogens (primary N) is 2. The Morgan fingerprint density at radius 2 is 1.52 bits per heavy atom. The van der Waals surface area contributed by atoms with Crippen LogP contribution in [0.25, 0.3) is 0 Å². The van der Waals surface area contributed by atoms with E-state index < -0.39 is 17.5 Å². The fourth-order valence-corrected chi connectivity index (χ4v) is 2.52. The third-order valence-corrected chi connectivity index (χ3v) is 3.52. The van der Waals surface area contributed by atoms with Gasteiger partial charge in [0.15, 0.2) is 11.6 Å². The molecule has 0 amide bonds. The maximum absolute atomic E-state index is 12.5. The average molecular weight is 282 g/mol. The minimum Gasteiger partial charge on any atom is -0.478 e. The van der Waals surface area contributed by atoms with Crippen molar-refractivity contribution in [3.63, 3.8) is 0 Å². The summed E-state index contributed by atoms with van der Waals surface area (Å²) >= 11 is 0. The number of carboxylic acid groups (broad SMARTS) is 1. The van der Waals surface area contributed by atoms with Gasteiger partial charge in [-0.3, -0.25) is 9.59 Å². The number of anilines is 2. The highest BCUT2D eigenvalue weighted by molar-refractivity contribution is 6.32. The molecule has 1 aliphatic carbocycles. The zero-order chi connectivity index (χ0) is 15.3. The molecule has 21 heavy (non-hydrogen) atoms. The molecule has 1 aliphatic rings. The summed E-state index contributed by atoms with van der Waals surface area (Å²) in [6.45, 7) is 0. The van der Waals surface area contributed by atoms with E-state index in [1.807, 2.05) is 0 Å². The van der Waals surface area contributed by atoms with Crippen molar-refractivity contribution in [2.24, 2.45) is 0 Å². The zero-order valence-corrected chi connectivity index (χ0v) is 10.7. The molecule has 0 unspecified atom stereocenters. The van der Waals surface area contributed by atoms with Crippen LogP contribution in [0.4, 0.5) is 11.4 Å². The third kappa shape index (κ3) is 1.62. The Hall–Kier alpha value is -3.15. The first-order valence-corrected chi connectivity index (χ1v) is 6.07. The van der Waals surface area contributed by atoms with Crippen LogP contribution in [0.15, 0.2) is 30.3 Å². The molecule has 0 spiro atoms. The molecule has 0 saturated carbocycles. The van der Waals surface area contributed by atoms with Gasteiger partial charge < -0.3 is 16.6 Å². The van der Waals surface area contributed by atoms with Gasteiger partial charge in [-0.25, -0.2) is 4.79 Å². The number of carbonyl (C=O) groups is 3. The van der Waals surface area contributed by atoms with Gasteiger partial charge in [-0.05, 0) is 18.2 Å². The smallest absolute Gasteiger partial charge is 0.337 e. The first-order chi connectivity index (χ1) is 9.93. The molecule has 0 atom stereocenters. The SMILES string of the molecule is Nc1cccc2c1C(=O)c1ccc(C(=O)O)c(N)c1C2=O. The van der Waals surface area contributed by atoms with Crippen molar-refractivity contribution in [3.05, 3.63) is 58.1 Å². The number of hydrogen-bond donors (Lipinski definition) is 3. The molecule has 104 valence electrons. The van der Waals surface area contributed by atoms with Crippen LogP contribution in [0.5, 0.6) is 0 Å². The largest absolute Gasteiger partial charge is 0.478 e. The van der Waals surface area contributed by atoms with Gasteiger partial charge in [0.1, 0.15) is 0 Å². The Balaban J connectivity index is 2.36. The predicted octanol–water partition coefficient (Wildman–Crippen LogP) is 1.32. The van der Waals surface area contributed by atoms with Crippen molar-refractivity contribution in [1.29, 1.82) is 0 Å². The van der Waals surface area contributed by atoms with E-state index in [0.717, 1.165) is 0 Å². The number of fused-ring (bicyclic) bond motifs is 2. The Labute approximate surface area is 119 Å². The minimum atomic E-state index is -1.26. The average Bonchev–Trinajstić information content (AvgIpc) is 2.43. The number of aromatic carboxylic acids is 1. The molecule has 0 fully saturated rings. The van der Waals surface area contributed by atoms with Gasteiger partial charge in [0.2, 0.25) is 0 Å². The van der Waals surface area contributed by atoms with Crippen LogP contribution in [0.2, 0.25) is 0 Å². The van der Waals surface area contributed by atoms with E-state index in [4.69, 9.17) is 16.6 Å². The monoisotopic (exact) mass is 282 g/mol. The van der Waals surface area contributed by atoms with E-state index >= 15 is 0 Å². The maximum atomic E-state index is 12.5. The lowest BCUT2D eigenvalue weighted by Gasteiger charge is -2.20. The van der Waals surface area contributed by atoms with Gasteiger partial charge in [-0.2, -0.15) is 0 Å². The number of carbonyl (C=O) groups excluding carboxylic acids is 2. The lowest BCUT2D eigenvalue weighted by Crippen LogP contribution is -2.24. The quantitative estimate of drug-likeness (QED) is 0.578. The lowest BCUT2D eigenvalue weighted by atomic mass is 9.81. The van der Waals surface area contributed by atoms with Gasteiger partial charge in [0.25, 0.3) is 0 Å². The summed E-state index contributed by atoms with van der Waals surface area (Å²) in [5, 5.41) is 9.06. The Kier molecular flexibility index (Phi) is 2.56. The van der Waals surface area contributed by atoms with Crippen LogP contribution in [0.3, 0.4) is 0 Å². The van der Waals surface area contributed by atoms with Gasteiger partial charge in [0.05, 0.1) is 22.4 Å². The second-order valence-corrected chi connectivity index (χ2v) is 4.68. The number of carboxylic acids is 1. The molecule has 3 rings (SSSR count). The standard InChI is InChI=1S/C15H10N2O4/c16-9-3-1-2-6-10(9)13(18)7-4-5-8(15(20)21)12(17)11(7)14(6)19/h1-5H,16-17H2,(H,20,21). The number of hydrogen-bond acceptors (Lipinski definition) is 5. The summed E-state index contributed by atoms with van der Waals surface area (Å²) in [5.41, 5.74) is 11.6. The fourth-order valence-electron chi connectivity index (χ4n) is 2.52. The minimum absolute atomic E-state index is 0.0713. The van der Waals surface area contributed by atoms with E-state index in [1.54, 1.807) is 6.07 Å². The summed E-state index contributed by atoms with van der Waals surface area (Å²) in [5.74, 6) is -2.18. The van der Waals surface area contributed by atoms with Crippen LogP contribution in [0, 0.1) is 0 Å². The number of ketones is 2. The van der Waals surface area contributed by atoms with Crippen LogP contribution in [-0.2, 0) is 0 Å². The van der Waals surface area contributed by atoms with Crippen LogP contribution >= 0.6 is 0 Å². The third-order valence-electron chi connectivity index (χ3n) is 3.52. The first-order valence-electron chi connectivity index (χ1n) is 6.07. The molecule has 0 aromatic heterocycles. The second-order valence-electron chi connectivity index (χ2n) is 4.68. The van der Waals surface area contributed by atoms with Crippen molar-refractivity contribution in [2.45, 2.75) is 0 Å². The van der Waals surface area contributed by atoms with Gasteiger partial charge in [-0.1, -0.05) is 12.1 Å². The van der Waals surface area contributed by atoms with Gasteiger partial charge in [-0.15, -0.1) is 0 Å². The molecule has 2 aromatic rings. The molecule has 5 N–H and O–H groups in total. The Bertz CT molecular complexity index is 840. The van der Waals surface area contributed by atoms with Crippen molar-refractivity contribution in [1.82, 2.24) is 0 Å². The number of rotatable bonds is 1. The molecule has 6 nitrogen and oxygen atoms in total. The molecule has 0 aliphatic heterocycles. The maximum Gasteiger partial charge on any atom is 0.337 e. The van der Waals surface area contributed by atoms with Crippen molar-refractivity contribution < 1.29 is 19.5 Å². The van der Waals surface area contributed by atoms with E-state index in [9.17, 15) is 14.4 Å². The topological polar surface area (TPSA) is 123 Å². The van der Waals surface area contributed by atoms with Crippen molar-refractivity contribution in [3.8, 4) is 0 Å². The first kappa shape index (κ1) is 12.9. The van der Waals surface area contributed by atoms with E-state index in [2.05, 4.69) is 0 Å². The molecule has 6 heteroatoms. The highest BCUT2D eigenvalue weighted by Crippen LogP contribution is 2.34. The fraction of sp³-hybridized carbons (Fsp3) is 0. The molecule has 2 aromatic carbocycles. The summed E-state index contributed by atoms with van der Waals surface area (Å²) in [7, 11) is 0. The van der Waals surface area contributed by atoms with Crippen LogP contribution in [0.1, 0.15) is 42.2 Å². The van der Waals surface area contributed by atoms with Crippen molar-refractivity contribution in [2.75, 3.05) is 11.5 Å². The molecular formula is C15H10N2O4. The molecule has 0 bridgehead atoms. The highest BCUT2D eigenvalue weighted by Gasteiger charge is 2.34. The van der Waals surface area contributed by atoms with E-state index in [0.29, 0.717) is 0 Å². The van der Waals surface area contributed by atoms with Crippen molar-refractivity contribution >= 4 is 28.9 Å². The number of benzene rings is 2. The molecule has 0 saturated heterocycles. The molecule has 0 radical (unpaired) electrons. The normalized spacial score (nSPS) is 12.8. The molecule has 0 heterocycles. The Morgan fingerprint density at radius 1 is 0.905 bits per heavy atom. The Morgan fingerprint density at radius 3 is 2.19 bits per heavy atom. The summed E-state index contributed by atoms with van der Waals surface area (Å²) < 4.78 is 0. The summed E-state index contributed by atoms with van der Waals surface area (Å²) in [6, 6.07) is 7.07. The van der Waals surface area contributed by atoms with E-state index in [-0.39, 0.29) is 39.2 Å². The van der Waals surface area contributed by atoms with Gasteiger partial charge >= 0.3 is 5.97 Å². The zero-order valence-electron chi connectivity index (χ0n) is 10.7. The summed E-state index contributed by atoms with van der Waals surface area (Å²) in [6.07, 6.45) is 0. The number of nitrogen functional groups attached to an aromatic ring is 2.